The first kappa shape index (κ1) is 20.8. The number of carbonyl (C=O) groups excluding carboxylic acids is 2. The second-order valence-corrected chi connectivity index (χ2v) is 8.87. The Balaban J connectivity index is 1.93. The average Bonchev–Trinajstić information content (AvgIpc) is 3.07. The van der Waals surface area contributed by atoms with Gasteiger partial charge in [0.1, 0.15) is 5.78 Å². The minimum atomic E-state index is -0.0256. The fourth-order valence-electron chi connectivity index (χ4n) is 2.72. The molecule has 0 aromatic rings. The second kappa shape index (κ2) is 13.1. The number of hydrogen-bond donors (Lipinski definition) is 2. The molecule has 0 radical (unpaired) electrons. The van der Waals surface area contributed by atoms with Crippen molar-refractivity contribution in [3.8, 4) is 0 Å². The molecule has 1 heterocycles. The van der Waals surface area contributed by atoms with E-state index < -0.39 is 0 Å². The summed E-state index contributed by atoms with van der Waals surface area (Å²) >= 11 is 0. The molecule has 0 aliphatic carbocycles. The quantitative estimate of drug-likeness (QED) is 0.388. The van der Waals surface area contributed by atoms with E-state index in [9.17, 15) is 9.59 Å². The highest BCUT2D eigenvalue weighted by atomic mass is 33.1. The van der Waals surface area contributed by atoms with Gasteiger partial charge in [-0.25, -0.2) is 0 Å². The molecule has 0 bridgehead atoms. The molecule has 0 aromatic carbocycles. The fraction of sp³-hybridized carbons (Fsp3) is 0.882. The summed E-state index contributed by atoms with van der Waals surface area (Å²) in [6.45, 7) is 2.63. The first-order chi connectivity index (χ1) is 11.2. The lowest BCUT2D eigenvalue weighted by Gasteiger charge is -2.13. The second-order valence-electron chi connectivity index (χ2n) is 6.08. The number of ketones is 1. The number of unbranched alkanes of at least 4 members (excludes halogenated alkanes) is 2. The summed E-state index contributed by atoms with van der Waals surface area (Å²) in [6.07, 6.45) is 8.74. The van der Waals surface area contributed by atoms with Gasteiger partial charge in [0.05, 0.1) is 6.04 Å². The highest BCUT2D eigenvalue weighted by molar-refractivity contribution is 8.77. The lowest BCUT2D eigenvalue weighted by Crippen LogP contribution is -2.33. The van der Waals surface area contributed by atoms with Crippen LogP contribution in [-0.2, 0) is 9.59 Å². The van der Waals surface area contributed by atoms with E-state index in [1.165, 1.54) is 18.6 Å². The molecule has 134 valence electrons. The summed E-state index contributed by atoms with van der Waals surface area (Å²) in [7, 11) is 5.83. The van der Waals surface area contributed by atoms with Gasteiger partial charge in [0.15, 0.2) is 0 Å². The smallest absolute Gasteiger partial charge is 0.219 e. The number of likely N-dealkylation sites (N-methyl/N-ethyl adjacent to an activating group) is 1. The molecule has 0 aromatic heterocycles. The van der Waals surface area contributed by atoms with Crippen LogP contribution < -0.4 is 10.6 Å². The van der Waals surface area contributed by atoms with E-state index in [2.05, 4.69) is 10.6 Å². The lowest BCUT2D eigenvalue weighted by atomic mass is 10.0. The van der Waals surface area contributed by atoms with Crippen LogP contribution in [0.15, 0.2) is 0 Å². The van der Waals surface area contributed by atoms with Gasteiger partial charge in [0, 0.05) is 30.4 Å². The van der Waals surface area contributed by atoms with Crippen molar-refractivity contribution in [2.75, 3.05) is 19.3 Å². The van der Waals surface area contributed by atoms with Crippen molar-refractivity contribution in [2.24, 2.45) is 0 Å². The molecule has 1 amide bonds. The minimum absolute atomic E-state index is 0.0256. The zero-order chi connectivity index (χ0) is 16.9. The first-order valence-electron chi connectivity index (χ1n) is 8.92. The van der Waals surface area contributed by atoms with Crippen LogP contribution in [-0.4, -0.2) is 42.3 Å². The molecule has 1 aliphatic rings. The minimum Gasteiger partial charge on any atom is -0.356 e. The van der Waals surface area contributed by atoms with Gasteiger partial charge in [-0.05, 0) is 45.6 Å². The van der Waals surface area contributed by atoms with Crippen LogP contribution in [0, 0.1) is 0 Å². The Hall–Kier alpha value is -0.200. The number of carbonyl (C=O) groups is 2. The Labute approximate surface area is 149 Å². The predicted octanol–water partition coefficient (Wildman–Crippen LogP) is 3.55. The predicted molar refractivity (Wildman–Crippen MR) is 102 cm³/mol. The molecule has 4 nitrogen and oxygen atoms in total. The Morgan fingerprint density at radius 3 is 2.70 bits per heavy atom. The maximum absolute atomic E-state index is 11.8. The molecule has 0 saturated carbocycles. The number of nitrogens with one attached hydrogen (secondary N) is 2. The standard InChI is InChI=1S/C17H32N2O2S2/c1-3-16(20)15(18-2)9-6-7-12-19-17(21)10-5-4-8-14-11-13-22-23-14/h14-15,18H,3-13H2,1-2H3,(H,19,21). The largest absolute Gasteiger partial charge is 0.356 e. The maximum atomic E-state index is 11.8. The van der Waals surface area contributed by atoms with E-state index in [1.54, 1.807) is 0 Å². The van der Waals surface area contributed by atoms with Crippen molar-refractivity contribution >= 4 is 33.3 Å². The van der Waals surface area contributed by atoms with Crippen LogP contribution in [0.2, 0.25) is 0 Å². The van der Waals surface area contributed by atoms with E-state index in [0.29, 0.717) is 12.8 Å². The van der Waals surface area contributed by atoms with Gasteiger partial charge >= 0.3 is 0 Å². The van der Waals surface area contributed by atoms with Crippen LogP contribution in [0.25, 0.3) is 0 Å². The Morgan fingerprint density at radius 1 is 1.22 bits per heavy atom. The normalized spacial score (nSPS) is 18.8. The lowest BCUT2D eigenvalue weighted by molar-refractivity contribution is -0.122. The monoisotopic (exact) mass is 360 g/mol. The molecule has 1 rings (SSSR count). The van der Waals surface area contributed by atoms with Crippen molar-refractivity contribution in [3.05, 3.63) is 0 Å². The number of rotatable bonds is 13. The number of amides is 1. The van der Waals surface area contributed by atoms with Crippen molar-refractivity contribution < 1.29 is 9.59 Å². The van der Waals surface area contributed by atoms with E-state index >= 15 is 0 Å². The highest BCUT2D eigenvalue weighted by Gasteiger charge is 2.16. The van der Waals surface area contributed by atoms with Crippen molar-refractivity contribution in [2.45, 2.75) is 76.0 Å². The molecule has 1 fully saturated rings. The van der Waals surface area contributed by atoms with Gasteiger partial charge in [0.25, 0.3) is 0 Å². The van der Waals surface area contributed by atoms with E-state index in [4.69, 9.17) is 0 Å². The third kappa shape index (κ3) is 9.62. The SMILES string of the molecule is CCC(=O)C(CCCCNC(=O)CCCCC1CCSS1)NC. The summed E-state index contributed by atoms with van der Waals surface area (Å²) in [6, 6.07) is -0.0256. The van der Waals surface area contributed by atoms with Crippen LogP contribution in [0.5, 0.6) is 0 Å². The van der Waals surface area contributed by atoms with Crippen LogP contribution >= 0.6 is 21.6 Å². The zero-order valence-electron chi connectivity index (χ0n) is 14.6. The van der Waals surface area contributed by atoms with Gasteiger partial charge in [-0.2, -0.15) is 0 Å². The summed E-state index contributed by atoms with van der Waals surface area (Å²) in [4.78, 5) is 23.4. The molecule has 0 spiro atoms. The van der Waals surface area contributed by atoms with Crippen molar-refractivity contribution in [1.82, 2.24) is 10.6 Å². The van der Waals surface area contributed by atoms with Crippen LogP contribution in [0.3, 0.4) is 0 Å². The Morgan fingerprint density at radius 2 is 2.04 bits per heavy atom. The van der Waals surface area contributed by atoms with Gasteiger partial charge in [-0.3, -0.25) is 9.59 Å². The molecule has 1 aliphatic heterocycles. The van der Waals surface area contributed by atoms with E-state index in [-0.39, 0.29) is 17.7 Å². The summed E-state index contributed by atoms with van der Waals surface area (Å²) < 4.78 is 0. The zero-order valence-corrected chi connectivity index (χ0v) is 16.2. The fourth-order valence-corrected chi connectivity index (χ4v) is 5.75. The summed E-state index contributed by atoms with van der Waals surface area (Å²) in [5.41, 5.74) is 0. The summed E-state index contributed by atoms with van der Waals surface area (Å²) in [5.74, 6) is 1.73. The molecule has 6 heteroatoms. The van der Waals surface area contributed by atoms with Gasteiger partial charge in [0.2, 0.25) is 5.91 Å². The van der Waals surface area contributed by atoms with Crippen molar-refractivity contribution in [3.63, 3.8) is 0 Å². The molecule has 2 N–H and O–H groups in total. The molecular weight excluding hydrogens is 328 g/mol. The van der Waals surface area contributed by atoms with Crippen LogP contribution in [0.4, 0.5) is 0 Å². The number of Topliss-reactive ketones (excluding diaryl/α,β-unsaturated/α-hetero) is 1. The Kier molecular flexibility index (Phi) is 11.9. The summed E-state index contributed by atoms with van der Waals surface area (Å²) in [5, 5.41) is 6.88. The third-order valence-electron chi connectivity index (χ3n) is 4.23. The highest BCUT2D eigenvalue weighted by Crippen LogP contribution is 2.39. The van der Waals surface area contributed by atoms with Crippen LogP contribution in [0.1, 0.15) is 64.7 Å². The molecular formula is C17H32N2O2S2. The van der Waals surface area contributed by atoms with Gasteiger partial charge in [-0.15, -0.1) is 0 Å². The molecule has 2 atom stereocenters. The van der Waals surface area contributed by atoms with E-state index in [1.807, 2.05) is 35.6 Å². The van der Waals surface area contributed by atoms with Gasteiger partial charge in [-0.1, -0.05) is 34.9 Å². The third-order valence-corrected chi connectivity index (χ3v) is 7.24. The first-order valence-corrected chi connectivity index (χ1v) is 11.3. The molecule has 1 saturated heterocycles. The topological polar surface area (TPSA) is 58.2 Å². The van der Waals surface area contributed by atoms with Gasteiger partial charge < -0.3 is 10.6 Å². The van der Waals surface area contributed by atoms with E-state index in [0.717, 1.165) is 43.9 Å². The maximum Gasteiger partial charge on any atom is 0.219 e. The average molecular weight is 361 g/mol. The number of hydrogen-bond acceptors (Lipinski definition) is 5. The molecule has 2 unspecified atom stereocenters. The molecule has 23 heavy (non-hydrogen) atoms. The van der Waals surface area contributed by atoms with Crippen molar-refractivity contribution in [1.29, 1.82) is 0 Å². The Bertz CT molecular complexity index is 347.